The lowest BCUT2D eigenvalue weighted by Crippen LogP contribution is -2.46. The monoisotopic (exact) mass is 463 g/mol. The zero-order chi connectivity index (χ0) is 23.5. The van der Waals surface area contributed by atoms with Gasteiger partial charge in [0.2, 0.25) is 10.0 Å². The van der Waals surface area contributed by atoms with Crippen LogP contribution >= 0.6 is 0 Å². The molecule has 1 fully saturated rings. The van der Waals surface area contributed by atoms with E-state index in [0.717, 1.165) is 18.7 Å². The number of aromatic amines is 1. The van der Waals surface area contributed by atoms with E-state index in [1.54, 1.807) is 27.9 Å². The highest BCUT2D eigenvalue weighted by Gasteiger charge is 2.39. The van der Waals surface area contributed by atoms with Crippen molar-refractivity contribution in [2.24, 2.45) is 0 Å². The van der Waals surface area contributed by atoms with Crippen LogP contribution in [0, 0.1) is 13.8 Å². The molecule has 0 radical (unpaired) electrons. The summed E-state index contributed by atoms with van der Waals surface area (Å²) in [5, 5.41) is 0. The molecule has 0 spiro atoms. The van der Waals surface area contributed by atoms with Crippen LogP contribution in [0.3, 0.4) is 0 Å². The van der Waals surface area contributed by atoms with E-state index in [2.05, 4.69) is 9.88 Å². The highest BCUT2D eigenvalue weighted by atomic mass is 32.2. The molecule has 0 atom stereocenters. The van der Waals surface area contributed by atoms with Crippen molar-refractivity contribution in [3.63, 3.8) is 0 Å². The number of aromatic nitrogens is 1. The van der Waals surface area contributed by atoms with Crippen LogP contribution in [0.5, 0.6) is 5.75 Å². The number of esters is 1. The van der Waals surface area contributed by atoms with E-state index in [-0.39, 0.29) is 29.7 Å². The maximum atomic E-state index is 14.1. The van der Waals surface area contributed by atoms with Crippen molar-refractivity contribution in [2.45, 2.75) is 51.1 Å². The van der Waals surface area contributed by atoms with Gasteiger partial charge in [0.1, 0.15) is 16.2 Å². The number of sulfonamides is 1. The van der Waals surface area contributed by atoms with Gasteiger partial charge in [-0.1, -0.05) is 18.2 Å². The molecule has 0 saturated carbocycles. The maximum absolute atomic E-state index is 14.1. The summed E-state index contributed by atoms with van der Waals surface area (Å²) >= 11 is 0. The minimum Gasteiger partial charge on any atom is -0.496 e. The molecule has 32 heavy (non-hydrogen) atoms. The fourth-order valence-electron chi connectivity index (χ4n) is 4.34. The quantitative estimate of drug-likeness (QED) is 0.605. The number of carbonyl (C=O) groups excluding carboxylic acids is 1. The normalized spacial score (nSPS) is 15.8. The van der Waals surface area contributed by atoms with E-state index >= 15 is 0 Å². The van der Waals surface area contributed by atoms with Gasteiger partial charge in [-0.15, -0.1) is 0 Å². The number of H-pyrrole nitrogens is 1. The summed E-state index contributed by atoms with van der Waals surface area (Å²) in [6, 6.07) is 7.23. The average Bonchev–Trinajstić information content (AvgIpc) is 3.07. The van der Waals surface area contributed by atoms with E-state index in [9.17, 15) is 13.2 Å². The molecule has 3 rings (SSSR count). The summed E-state index contributed by atoms with van der Waals surface area (Å²) in [5.74, 6) is 0.00163. The zero-order valence-corrected chi connectivity index (χ0v) is 20.3. The van der Waals surface area contributed by atoms with Gasteiger partial charge in [0.05, 0.1) is 13.7 Å². The molecule has 1 aliphatic rings. The molecule has 0 aliphatic carbocycles. The number of benzene rings is 1. The first kappa shape index (κ1) is 24.3. The Morgan fingerprint density at radius 1 is 1.19 bits per heavy atom. The van der Waals surface area contributed by atoms with Crippen LogP contribution in [-0.4, -0.2) is 68.5 Å². The first-order valence-corrected chi connectivity index (χ1v) is 12.3. The predicted molar refractivity (Wildman–Crippen MR) is 122 cm³/mol. The fourth-order valence-corrected chi connectivity index (χ4v) is 6.42. The predicted octanol–water partition coefficient (Wildman–Crippen LogP) is 3.10. The molecule has 176 valence electrons. The summed E-state index contributed by atoms with van der Waals surface area (Å²) in [6.45, 7) is 7.01. The number of nitrogens with zero attached hydrogens (tertiary/aromatic N) is 2. The second-order valence-corrected chi connectivity index (χ2v) is 10.0. The third kappa shape index (κ3) is 4.84. The van der Waals surface area contributed by atoms with E-state index < -0.39 is 16.0 Å². The van der Waals surface area contributed by atoms with Gasteiger partial charge in [-0.2, -0.15) is 4.31 Å². The Kier molecular flexibility index (Phi) is 7.63. The topological polar surface area (TPSA) is 91.9 Å². The summed E-state index contributed by atoms with van der Waals surface area (Å²) in [7, 11) is -0.407. The maximum Gasteiger partial charge on any atom is 0.341 e. The fraction of sp³-hybridized carbons (Fsp3) is 0.522. The standard InChI is InChI=1S/C23H33N3O5S/c1-6-31-23(27)21-16(2)24-17(3)22(21)32(28,29)26(19-11-13-25(4)14-12-19)15-18-9-7-8-10-20(18)30-5/h7-10,19,24H,6,11-15H2,1-5H3. The molecular formula is C23H33N3O5S. The molecule has 1 N–H and O–H groups in total. The van der Waals surface area contributed by atoms with Crippen molar-refractivity contribution in [3.8, 4) is 5.75 Å². The molecule has 1 saturated heterocycles. The molecular weight excluding hydrogens is 430 g/mol. The number of aryl methyl sites for hydroxylation is 2. The number of hydrogen-bond acceptors (Lipinski definition) is 6. The van der Waals surface area contributed by atoms with E-state index in [1.165, 1.54) is 4.31 Å². The van der Waals surface area contributed by atoms with Gasteiger partial charge in [-0.25, -0.2) is 13.2 Å². The Bertz CT molecular complexity index is 1060. The minimum absolute atomic E-state index is 0.00211. The Hall–Kier alpha value is -2.36. The van der Waals surface area contributed by atoms with Crippen LogP contribution in [0.1, 0.15) is 47.1 Å². The zero-order valence-electron chi connectivity index (χ0n) is 19.5. The molecule has 0 unspecified atom stereocenters. The average molecular weight is 464 g/mol. The number of rotatable bonds is 8. The lowest BCUT2D eigenvalue weighted by Gasteiger charge is -2.36. The van der Waals surface area contributed by atoms with Gasteiger partial charge in [0.15, 0.2) is 0 Å². The second kappa shape index (κ2) is 10.1. The molecule has 2 heterocycles. The van der Waals surface area contributed by atoms with Gasteiger partial charge in [0, 0.05) is 29.5 Å². The van der Waals surface area contributed by atoms with Gasteiger partial charge in [0.25, 0.3) is 0 Å². The highest BCUT2D eigenvalue weighted by Crippen LogP contribution is 2.33. The first-order valence-electron chi connectivity index (χ1n) is 10.9. The minimum atomic E-state index is -4.02. The lowest BCUT2D eigenvalue weighted by atomic mass is 10.0. The van der Waals surface area contributed by atoms with Crippen molar-refractivity contribution in [1.29, 1.82) is 0 Å². The molecule has 8 nitrogen and oxygen atoms in total. The van der Waals surface area contributed by atoms with E-state index in [0.29, 0.717) is 30.0 Å². The number of ether oxygens (including phenoxy) is 2. The first-order chi connectivity index (χ1) is 15.2. The summed E-state index contributed by atoms with van der Waals surface area (Å²) < 4.78 is 40.5. The number of hydrogen-bond donors (Lipinski definition) is 1. The third-order valence-corrected chi connectivity index (χ3v) is 8.05. The van der Waals surface area contributed by atoms with Crippen LogP contribution in [-0.2, 0) is 21.3 Å². The Morgan fingerprint density at radius 2 is 1.84 bits per heavy atom. The van der Waals surface area contributed by atoms with Crippen LogP contribution in [0.2, 0.25) is 0 Å². The van der Waals surface area contributed by atoms with Crippen molar-refractivity contribution in [3.05, 3.63) is 46.8 Å². The number of para-hydroxylation sites is 1. The van der Waals surface area contributed by atoms with Crippen LogP contribution in [0.25, 0.3) is 0 Å². The van der Waals surface area contributed by atoms with Crippen LogP contribution in [0.15, 0.2) is 29.2 Å². The smallest absolute Gasteiger partial charge is 0.341 e. The summed E-state index contributed by atoms with van der Waals surface area (Å²) in [5.41, 5.74) is 1.78. The summed E-state index contributed by atoms with van der Waals surface area (Å²) in [6.07, 6.45) is 1.42. The van der Waals surface area contributed by atoms with Gasteiger partial charge in [-0.3, -0.25) is 0 Å². The number of likely N-dealkylation sites (tertiary alicyclic amines) is 1. The number of nitrogens with one attached hydrogen (secondary N) is 1. The van der Waals surface area contributed by atoms with E-state index in [1.807, 2.05) is 31.3 Å². The van der Waals surface area contributed by atoms with Crippen molar-refractivity contribution < 1.29 is 22.7 Å². The van der Waals surface area contributed by atoms with Crippen molar-refractivity contribution in [1.82, 2.24) is 14.2 Å². The van der Waals surface area contributed by atoms with Crippen molar-refractivity contribution >= 4 is 16.0 Å². The lowest BCUT2D eigenvalue weighted by molar-refractivity contribution is 0.0521. The molecule has 1 aliphatic heterocycles. The van der Waals surface area contributed by atoms with E-state index in [4.69, 9.17) is 9.47 Å². The second-order valence-electron chi connectivity index (χ2n) is 8.20. The molecule has 1 aromatic heterocycles. The highest BCUT2D eigenvalue weighted by molar-refractivity contribution is 7.89. The van der Waals surface area contributed by atoms with Crippen molar-refractivity contribution in [2.75, 3.05) is 33.9 Å². The molecule has 1 aromatic carbocycles. The van der Waals surface area contributed by atoms with Gasteiger partial charge < -0.3 is 19.4 Å². The Labute approximate surface area is 190 Å². The Balaban J connectivity index is 2.11. The number of piperidine rings is 1. The van der Waals surface area contributed by atoms with Crippen LogP contribution in [0.4, 0.5) is 0 Å². The third-order valence-electron chi connectivity index (χ3n) is 5.98. The Morgan fingerprint density at radius 3 is 2.47 bits per heavy atom. The largest absolute Gasteiger partial charge is 0.496 e. The summed E-state index contributed by atoms with van der Waals surface area (Å²) in [4.78, 5) is 17.9. The van der Waals surface area contributed by atoms with Crippen LogP contribution < -0.4 is 4.74 Å². The SMILES string of the molecule is CCOC(=O)c1c(C)[nH]c(C)c1S(=O)(=O)N(Cc1ccccc1OC)C1CCN(C)CC1. The molecule has 9 heteroatoms. The van der Waals surface area contributed by atoms with Gasteiger partial charge >= 0.3 is 5.97 Å². The number of methoxy groups -OCH3 is 1. The molecule has 2 aromatic rings. The number of carbonyl (C=O) groups is 1. The molecule has 0 amide bonds. The molecule has 0 bridgehead atoms. The van der Waals surface area contributed by atoms with Gasteiger partial charge in [-0.05, 0) is 59.8 Å².